The minimum atomic E-state index is -4.17. The molecular weight excluding hydrogens is 586 g/mol. The first kappa shape index (κ1) is 32.4. The average Bonchev–Trinajstić information content (AvgIpc) is 2.99. The van der Waals surface area contributed by atoms with E-state index in [9.17, 15) is 18.0 Å². The fourth-order valence-corrected chi connectivity index (χ4v) is 6.85. The zero-order valence-electron chi connectivity index (χ0n) is 25.0. The summed E-state index contributed by atoms with van der Waals surface area (Å²) in [6, 6.07) is 19.4. The van der Waals surface area contributed by atoms with Gasteiger partial charge in [-0.25, -0.2) is 8.42 Å². The number of nitrogens with one attached hydrogen (secondary N) is 1. The molecule has 2 amide bonds. The zero-order chi connectivity index (χ0) is 31.0. The van der Waals surface area contributed by atoms with Crippen LogP contribution in [0.15, 0.2) is 77.7 Å². The third-order valence-electron chi connectivity index (χ3n) is 7.68. The summed E-state index contributed by atoms with van der Waals surface area (Å²) in [7, 11) is -4.17. The highest BCUT2D eigenvalue weighted by Gasteiger charge is 2.33. The van der Waals surface area contributed by atoms with Gasteiger partial charge in [0, 0.05) is 17.6 Å². The minimum Gasteiger partial charge on any atom is -0.494 e. The summed E-state index contributed by atoms with van der Waals surface area (Å²) in [6.45, 7) is 5.47. The van der Waals surface area contributed by atoms with Crippen LogP contribution in [0.1, 0.15) is 57.1 Å². The van der Waals surface area contributed by atoms with Crippen molar-refractivity contribution in [2.75, 3.05) is 17.5 Å². The van der Waals surface area contributed by atoms with Gasteiger partial charge in [0.1, 0.15) is 18.3 Å². The first-order valence-electron chi connectivity index (χ1n) is 14.7. The Morgan fingerprint density at radius 2 is 1.67 bits per heavy atom. The van der Waals surface area contributed by atoms with Crippen molar-refractivity contribution in [3.63, 3.8) is 0 Å². The van der Waals surface area contributed by atoms with Gasteiger partial charge < -0.3 is 15.0 Å². The van der Waals surface area contributed by atoms with E-state index in [1.54, 1.807) is 61.5 Å². The van der Waals surface area contributed by atoms with E-state index in [4.69, 9.17) is 16.3 Å². The first-order chi connectivity index (χ1) is 20.6. The van der Waals surface area contributed by atoms with Crippen LogP contribution in [0.4, 0.5) is 5.69 Å². The summed E-state index contributed by atoms with van der Waals surface area (Å²) in [5.74, 6) is -0.232. The molecule has 43 heavy (non-hydrogen) atoms. The monoisotopic (exact) mass is 625 g/mol. The third kappa shape index (κ3) is 8.51. The molecule has 0 aliphatic heterocycles. The molecule has 1 atom stereocenters. The number of hydrogen-bond donors (Lipinski definition) is 1. The Labute approximate surface area is 260 Å². The molecular formula is C33H40ClN3O5S. The molecule has 0 saturated heterocycles. The van der Waals surface area contributed by atoms with E-state index in [1.807, 2.05) is 19.9 Å². The smallest absolute Gasteiger partial charge is 0.264 e. The van der Waals surface area contributed by atoms with Crippen molar-refractivity contribution < 1.29 is 22.7 Å². The summed E-state index contributed by atoms with van der Waals surface area (Å²) < 4.78 is 34.6. The van der Waals surface area contributed by atoms with E-state index in [0.29, 0.717) is 23.1 Å². The second-order valence-electron chi connectivity index (χ2n) is 10.9. The number of carbonyl (C=O) groups excluding carboxylic acids is 2. The van der Waals surface area contributed by atoms with Gasteiger partial charge in [0.15, 0.2) is 0 Å². The maximum Gasteiger partial charge on any atom is 0.264 e. The molecule has 0 bridgehead atoms. The van der Waals surface area contributed by atoms with Crippen LogP contribution in [0.5, 0.6) is 5.75 Å². The minimum absolute atomic E-state index is 0.0220. The molecule has 3 aromatic rings. The molecule has 230 valence electrons. The van der Waals surface area contributed by atoms with E-state index >= 15 is 0 Å². The number of aryl methyl sites for hydroxylation is 1. The van der Waals surface area contributed by atoms with Crippen LogP contribution in [-0.4, -0.2) is 50.4 Å². The molecule has 0 spiro atoms. The maximum absolute atomic E-state index is 14.1. The fourth-order valence-electron chi connectivity index (χ4n) is 5.22. The van der Waals surface area contributed by atoms with Crippen molar-refractivity contribution in [1.82, 2.24) is 10.2 Å². The molecule has 1 aliphatic rings. The number of ether oxygens (including phenoxy) is 1. The number of anilines is 1. The summed E-state index contributed by atoms with van der Waals surface area (Å²) >= 11 is 6.24. The zero-order valence-corrected chi connectivity index (χ0v) is 26.5. The van der Waals surface area contributed by atoms with E-state index in [1.165, 1.54) is 17.0 Å². The summed E-state index contributed by atoms with van der Waals surface area (Å²) in [5, 5.41) is 3.61. The predicted molar refractivity (Wildman–Crippen MR) is 170 cm³/mol. The molecule has 1 aliphatic carbocycles. The van der Waals surface area contributed by atoms with Gasteiger partial charge in [0.25, 0.3) is 10.0 Å². The molecule has 1 N–H and O–H groups in total. The van der Waals surface area contributed by atoms with Crippen molar-refractivity contribution in [1.29, 1.82) is 0 Å². The molecule has 10 heteroatoms. The Morgan fingerprint density at radius 1 is 1.00 bits per heavy atom. The van der Waals surface area contributed by atoms with Crippen LogP contribution in [0.25, 0.3) is 0 Å². The third-order valence-corrected chi connectivity index (χ3v) is 9.71. The Morgan fingerprint density at radius 3 is 2.30 bits per heavy atom. The maximum atomic E-state index is 14.1. The van der Waals surface area contributed by atoms with Crippen molar-refractivity contribution in [3.05, 3.63) is 88.9 Å². The van der Waals surface area contributed by atoms with Crippen molar-refractivity contribution in [3.8, 4) is 5.75 Å². The summed E-state index contributed by atoms with van der Waals surface area (Å²) in [4.78, 5) is 29.0. The van der Waals surface area contributed by atoms with Crippen molar-refractivity contribution in [2.45, 2.75) is 76.4 Å². The van der Waals surface area contributed by atoms with Gasteiger partial charge >= 0.3 is 0 Å². The lowest BCUT2D eigenvalue weighted by Gasteiger charge is -2.33. The molecule has 0 heterocycles. The van der Waals surface area contributed by atoms with Crippen LogP contribution in [-0.2, 0) is 26.2 Å². The Bertz CT molecular complexity index is 1490. The molecule has 1 saturated carbocycles. The molecule has 3 aromatic carbocycles. The van der Waals surface area contributed by atoms with E-state index in [-0.39, 0.29) is 23.4 Å². The Balaban J connectivity index is 1.67. The van der Waals surface area contributed by atoms with Crippen LogP contribution in [0.3, 0.4) is 0 Å². The van der Waals surface area contributed by atoms with Crippen LogP contribution in [0.2, 0.25) is 5.02 Å². The number of rotatable bonds is 12. The van der Waals surface area contributed by atoms with Crippen LogP contribution < -0.4 is 14.4 Å². The molecule has 0 unspecified atom stereocenters. The normalized spacial score (nSPS) is 14.5. The Kier molecular flexibility index (Phi) is 11.1. The van der Waals surface area contributed by atoms with Gasteiger partial charge in [-0.1, -0.05) is 60.7 Å². The number of sulfonamides is 1. The second-order valence-corrected chi connectivity index (χ2v) is 13.2. The quantitative estimate of drug-likeness (QED) is 0.262. The first-order valence-corrected chi connectivity index (χ1v) is 16.6. The lowest BCUT2D eigenvalue weighted by Crippen LogP contribution is -2.53. The highest BCUT2D eigenvalue weighted by molar-refractivity contribution is 7.92. The van der Waals surface area contributed by atoms with Gasteiger partial charge in [-0.3, -0.25) is 13.9 Å². The molecule has 1 fully saturated rings. The number of benzene rings is 3. The van der Waals surface area contributed by atoms with Gasteiger partial charge in [0.2, 0.25) is 11.8 Å². The topological polar surface area (TPSA) is 96.0 Å². The highest BCUT2D eigenvalue weighted by Crippen LogP contribution is 2.27. The van der Waals surface area contributed by atoms with E-state index in [2.05, 4.69) is 5.32 Å². The van der Waals surface area contributed by atoms with Crippen LogP contribution in [0, 0.1) is 6.92 Å². The lowest BCUT2D eigenvalue weighted by molar-refractivity contribution is -0.139. The number of halogens is 1. The fraction of sp³-hybridized carbons (Fsp3) is 0.394. The number of nitrogens with zero attached hydrogens (tertiary/aromatic N) is 2. The number of carbonyl (C=O) groups is 2. The van der Waals surface area contributed by atoms with Crippen molar-refractivity contribution in [2.24, 2.45) is 0 Å². The average molecular weight is 626 g/mol. The summed E-state index contributed by atoms with van der Waals surface area (Å²) in [5.41, 5.74) is 2.02. The van der Waals surface area contributed by atoms with Crippen molar-refractivity contribution >= 4 is 39.1 Å². The van der Waals surface area contributed by atoms with Gasteiger partial charge in [0.05, 0.1) is 17.2 Å². The molecule has 8 nitrogen and oxygen atoms in total. The van der Waals surface area contributed by atoms with E-state index < -0.39 is 28.5 Å². The second kappa shape index (κ2) is 14.8. The summed E-state index contributed by atoms with van der Waals surface area (Å²) in [6.07, 6.45) is 5.07. The van der Waals surface area contributed by atoms with Gasteiger partial charge in [-0.05, 0) is 87.7 Å². The highest BCUT2D eigenvalue weighted by atomic mass is 35.5. The number of hydrogen-bond acceptors (Lipinski definition) is 5. The lowest BCUT2D eigenvalue weighted by atomic mass is 9.95. The largest absolute Gasteiger partial charge is 0.494 e. The van der Waals surface area contributed by atoms with Gasteiger partial charge in [-0.15, -0.1) is 0 Å². The molecule has 0 radical (unpaired) electrons. The molecule has 4 rings (SSSR count). The van der Waals surface area contributed by atoms with Gasteiger partial charge in [-0.2, -0.15) is 0 Å². The predicted octanol–water partition coefficient (Wildman–Crippen LogP) is 6.11. The molecule has 0 aromatic heterocycles. The SMILES string of the molecule is CCOc1ccc(S(=O)(=O)N(CC(=O)N(Cc2cccc(Cl)c2)[C@@H](C)C(=O)NC2CCCCC2)c2ccc(C)cc2)cc1. The van der Waals surface area contributed by atoms with Crippen LogP contribution >= 0.6 is 11.6 Å². The Hall–Kier alpha value is -3.56. The number of amides is 2. The standard InChI is InChI=1S/C33H40ClN3O5S/c1-4-42-30-17-19-31(20-18-30)43(40,41)37(29-15-13-24(2)14-16-29)23-32(38)36(22-26-9-8-10-27(34)21-26)25(3)33(39)35-28-11-6-5-7-12-28/h8-10,13-21,25,28H,4-7,11-12,22-23H2,1-3H3,(H,35,39)/t25-/m0/s1. The van der Waals surface area contributed by atoms with E-state index in [0.717, 1.165) is 47.5 Å².